The Labute approximate surface area is 179 Å². The highest BCUT2D eigenvalue weighted by molar-refractivity contribution is 6.59. The fourth-order valence-corrected chi connectivity index (χ4v) is 5.98. The number of carbonyl (C=O) groups is 1. The number of hydrogen-bond donors (Lipinski definition) is 1. The fourth-order valence-electron chi connectivity index (χ4n) is 5.98. The molecule has 0 aromatic heterocycles. The van der Waals surface area contributed by atoms with E-state index in [9.17, 15) is 9.82 Å². The largest absolute Gasteiger partial charge is 0.559 e. The normalized spacial score (nSPS) is 36.6. The minimum Gasteiger partial charge on any atom is -0.559 e. The summed E-state index contributed by atoms with van der Waals surface area (Å²) in [7, 11) is 1.51. The molecule has 0 spiro atoms. The van der Waals surface area contributed by atoms with Gasteiger partial charge in [-0.3, -0.25) is 0 Å². The number of methoxy groups -OCH3 is 1. The van der Waals surface area contributed by atoms with Crippen LogP contribution in [0.4, 0.5) is 0 Å². The molecule has 1 unspecified atom stereocenters. The average Bonchev–Trinajstić information content (AvgIpc) is 2.89. The first-order chi connectivity index (χ1) is 13.8. The van der Waals surface area contributed by atoms with Crippen LogP contribution in [-0.4, -0.2) is 42.2 Å². The van der Waals surface area contributed by atoms with Gasteiger partial charge in [0.2, 0.25) is 0 Å². The molecule has 4 aliphatic rings. The molecule has 0 radical (unpaired) electrons. The lowest BCUT2D eigenvalue weighted by Crippen LogP contribution is -2.65. The molecule has 1 saturated heterocycles. The maximum Gasteiger partial charge on any atom is 0.381 e. The van der Waals surface area contributed by atoms with Crippen molar-refractivity contribution in [2.75, 3.05) is 7.11 Å². The Morgan fingerprint density at radius 2 is 1.97 bits per heavy atom. The molecule has 1 aliphatic heterocycles. The molecule has 5 rings (SSSR count). The zero-order valence-corrected chi connectivity index (χ0v) is 19.2. The van der Waals surface area contributed by atoms with Gasteiger partial charge in [-0.05, 0) is 69.4 Å². The maximum atomic E-state index is 12.7. The fraction of sp³-hybridized carbons (Fsp3) is 0.696. The zero-order valence-electron chi connectivity index (χ0n) is 19.2. The highest BCUT2D eigenvalue weighted by Crippen LogP contribution is 2.66. The number of hydrogen-bond acceptors (Lipinski definition) is 6. The summed E-state index contributed by atoms with van der Waals surface area (Å²) in [5, 5.41) is 11.3. The number of carbonyl (C=O) groups excluding carboxylic acids is 1. The summed E-state index contributed by atoms with van der Waals surface area (Å²) in [5.74, 6) is 0.892. The minimum absolute atomic E-state index is 0.112. The van der Waals surface area contributed by atoms with Crippen molar-refractivity contribution in [3.05, 3.63) is 29.3 Å². The molecule has 3 saturated carbocycles. The van der Waals surface area contributed by atoms with E-state index in [0.29, 0.717) is 28.7 Å². The van der Waals surface area contributed by atoms with Crippen LogP contribution in [0.15, 0.2) is 18.2 Å². The topological polar surface area (TPSA) is 74.2 Å². The van der Waals surface area contributed by atoms with Gasteiger partial charge in [-0.15, -0.1) is 0 Å². The molecule has 4 fully saturated rings. The lowest BCUT2D eigenvalue weighted by Gasteiger charge is -2.66. The lowest BCUT2D eigenvalue weighted by molar-refractivity contribution is -0.200. The Kier molecular flexibility index (Phi) is 4.85. The van der Waals surface area contributed by atoms with Crippen molar-refractivity contribution in [2.24, 2.45) is 17.3 Å². The summed E-state index contributed by atoms with van der Waals surface area (Å²) < 4.78 is 23.6. The standard InChI is InChI=1S/C23H34BO6/c1-21(2,3)28-20(25)16-10-8-9-14(19(16)27-7)13-24(26)29-18-12-15-11-17(22(15,4)5)23(18,6)30-24/h8-10,15,17-18,26H,11-13H2,1-7H3/q-1/t15-,17-,18+,23-,24?/m0/s1. The van der Waals surface area contributed by atoms with Crippen LogP contribution in [0.5, 0.6) is 5.75 Å². The summed E-state index contributed by atoms with van der Waals surface area (Å²) in [4.78, 5) is 12.7. The van der Waals surface area contributed by atoms with Gasteiger partial charge in [-0.1, -0.05) is 32.3 Å². The van der Waals surface area contributed by atoms with Crippen molar-refractivity contribution in [3.63, 3.8) is 0 Å². The van der Waals surface area contributed by atoms with Crippen LogP contribution >= 0.6 is 0 Å². The smallest absolute Gasteiger partial charge is 0.381 e. The number of esters is 1. The van der Waals surface area contributed by atoms with Crippen LogP contribution in [0.3, 0.4) is 0 Å². The predicted octanol–water partition coefficient (Wildman–Crippen LogP) is 3.90. The monoisotopic (exact) mass is 417 g/mol. The summed E-state index contributed by atoms with van der Waals surface area (Å²) in [5.41, 5.74) is 0.0786. The van der Waals surface area contributed by atoms with Crippen LogP contribution in [0.2, 0.25) is 0 Å². The van der Waals surface area contributed by atoms with Gasteiger partial charge in [0.1, 0.15) is 16.9 Å². The molecule has 1 aromatic rings. The van der Waals surface area contributed by atoms with Crippen LogP contribution in [0.25, 0.3) is 0 Å². The van der Waals surface area contributed by atoms with E-state index in [1.165, 1.54) is 7.11 Å². The van der Waals surface area contributed by atoms with Crippen molar-refractivity contribution in [1.82, 2.24) is 0 Å². The Morgan fingerprint density at radius 3 is 2.57 bits per heavy atom. The van der Waals surface area contributed by atoms with Gasteiger partial charge in [0.15, 0.2) is 0 Å². The summed E-state index contributed by atoms with van der Waals surface area (Å²) in [6.07, 6.45) is 2.04. The van der Waals surface area contributed by atoms with Crippen LogP contribution in [0, 0.1) is 17.3 Å². The third kappa shape index (κ3) is 3.35. The van der Waals surface area contributed by atoms with E-state index >= 15 is 0 Å². The van der Waals surface area contributed by atoms with E-state index in [1.807, 2.05) is 26.8 Å². The molecule has 166 valence electrons. The molecule has 1 aromatic carbocycles. The highest BCUT2D eigenvalue weighted by Gasteiger charge is 2.67. The molecule has 5 atom stereocenters. The Hall–Kier alpha value is -1.57. The highest BCUT2D eigenvalue weighted by atomic mass is 16.8. The summed E-state index contributed by atoms with van der Waals surface area (Å²) in [6.45, 7) is 9.58. The molecule has 2 bridgehead atoms. The Morgan fingerprint density at radius 1 is 1.27 bits per heavy atom. The van der Waals surface area contributed by atoms with E-state index in [0.717, 1.165) is 12.8 Å². The molecule has 0 amide bonds. The van der Waals surface area contributed by atoms with Crippen LogP contribution < -0.4 is 4.74 Å². The zero-order chi connectivity index (χ0) is 22.1. The molecular formula is C23H34BO6-. The number of para-hydroxylation sites is 1. The molecule has 3 aliphatic carbocycles. The van der Waals surface area contributed by atoms with Crippen molar-refractivity contribution >= 4 is 12.7 Å². The second kappa shape index (κ2) is 6.71. The summed E-state index contributed by atoms with van der Waals surface area (Å²) >= 11 is 0. The first-order valence-electron chi connectivity index (χ1n) is 10.9. The van der Waals surface area contributed by atoms with Gasteiger partial charge in [0.05, 0.1) is 7.11 Å². The second-order valence-corrected chi connectivity index (χ2v) is 11.0. The Bertz CT molecular complexity index is 862. The van der Waals surface area contributed by atoms with E-state index in [-0.39, 0.29) is 17.8 Å². The van der Waals surface area contributed by atoms with E-state index in [1.54, 1.807) is 12.1 Å². The molecular weight excluding hydrogens is 383 g/mol. The van der Waals surface area contributed by atoms with Gasteiger partial charge < -0.3 is 23.8 Å². The molecule has 7 heteroatoms. The van der Waals surface area contributed by atoms with E-state index in [2.05, 4.69) is 20.8 Å². The van der Waals surface area contributed by atoms with Gasteiger partial charge >= 0.3 is 12.7 Å². The number of ether oxygens (including phenoxy) is 2. The third-order valence-corrected chi connectivity index (χ3v) is 7.51. The Balaban J connectivity index is 1.59. The van der Waals surface area contributed by atoms with Crippen molar-refractivity contribution in [1.29, 1.82) is 0 Å². The average molecular weight is 417 g/mol. The van der Waals surface area contributed by atoms with Gasteiger partial charge in [-0.25, -0.2) is 4.79 Å². The molecule has 1 heterocycles. The second-order valence-electron chi connectivity index (χ2n) is 11.0. The van der Waals surface area contributed by atoms with Gasteiger partial charge in [0, 0.05) is 11.7 Å². The minimum atomic E-state index is -2.54. The van der Waals surface area contributed by atoms with Crippen molar-refractivity contribution in [3.8, 4) is 5.75 Å². The summed E-state index contributed by atoms with van der Waals surface area (Å²) in [6, 6.07) is 5.26. The predicted molar refractivity (Wildman–Crippen MR) is 114 cm³/mol. The van der Waals surface area contributed by atoms with Gasteiger partial charge in [0.25, 0.3) is 0 Å². The quantitative estimate of drug-likeness (QED) is 0.592. The molecule has 6 nitrogen and oxygen atoms in total. The van der Waals surface area contributed by atoms with Crippen molar-refractivity contribution in [2.45, 2.75) is 78.0 Å². The van der Waals surface area contributed by atoms with Gasteiger partial charge in [-0.2, -0.15) is 0 Å². The first-order valence-corrected chi connectivity index (χ1v) is 10.9. The SMILES string of the molecule is COc1c(C[B-]2(O)O[C@@H]3C[C@@H]4C[C@@H](C4(C)C)[C@]3(C)O2)cccc1C(=O)OC(C)(C)C. The maximum absolute atomic E-state index is 12.7. The third-order valence-electron chi connectivity index (χ3n) is 7.51. The van der Waals surface area contributed by atoms with E-state index in [4.69, 9.17) is 18.8 Å². The number of rotatable bonds is 4. The molecule has 30 heavy (non-hydrogen) atoms. The number of benzene rings is 1. The first kappa shape index (κ1) is 21.7. The van der Waals surface area contributed by atoms with Crippen LogP contribution in [-0.2, 0) is 20.4 Å². The molecule has 1 N–H and O–H groups in total. The van der Waals surface area contributed by atoms with Crippen LogP contribution in [0.1, 0.15) is 70.3 Å². The lowest BCUT2D eigenvalue weighted by atomic mass is 9.43. The van der Waals surface area contributed by atoms with Crippen molar-refractivity contribution < 1.29 is 28.6 Å². The van der Waals surface area contributed by atoms with E-state index < -0.39 is 23.9 Å².